The van der Waals surface area contributed by atoms with Gasteiger partial charge in [-0.3, -0.25) is 4.98 Å². The number of carbonyl (C=O) groups is 1. The number of aromatic nitrogens is 1. The lowest BCUT2D eigenvalue weighted by Gasteiger charge is -2.35. The SMILES string of the molecule is COC(=O)c1cc(OC)c(S(=O)(=O)N2CCNCC2c2cccnc2)s1. The molecular weight excluding hydrogens is 378 g/mol. The van der Waals surface area contributed by atoms with E-state index in [0.717, 1.165) is 16.9 Å². The Morgan fingerprint density at radius 2 is 2.23 bits per heavy atom. The summed E-state index contributed by atoms with van der Waals surface area (Å²) in [7, 11) is -1.25. The zero-order valence-corrected chi connectivity index (χ0v) is 16.0. The molecule has 26 heavy (non-hydrogen) atoms. The average molecular weight is 397 g/mol. The van der Waals surface area contributed by atoms with Crippen molar-refractivity contribution in [2.75, 3.05) is 33.9 Å². The van der Waals surface area contributed by atoms with Gasteiger partial charge in [0, 0.05) is 38.1 Å². The van der Waals surface area contributed by atoms with Gasteiger partial charge < -0.3 is 14.8 Å². The summed E-state index contributed by atoms with van der Waals surface area (Å²) in [6.45, 7) is 1.31. The Kier molecular flexibility index (Phi) is 5.56. The van der Waals surface area contributed by atoms with Gasteiger partial charge in [0.1, 0.15) is 4.88 Å². The molecule has 1 N–H and O–H groups in total. The van der Waals surface area contributed by atoms with Crippen LogP contribution in [-0.4, -0.2) is 57.5 Å². The molecule has 0 saturated carbocycles. The van der Waals surface area contributed by atoms with Crippen molar-refractivity contribution in [1.29, 1.82) is 0 Å². The molecule has 0 aromatic carbocycles. The maximum absolute atomic E-state index is 13.3. The largest absolute Gasteiger partial charge is 0.494 e. The van der Waals surface area contributed by atoms with Crippen LogP contribution in [0.25, 0.3) is 0 Å². The Morgan fingerprint density at radius 1 is 1.42 bits per heavy atom. The van der Waals surface area contributed by atoms with Crippen LogP contribution >= 0.6 is 11.3 Å². The van der Waals surface area contributed by atoms with Crippen molar-refractivity contribution in [1.82, 2.24) is 14.6 Å². The first-order valence-corrected chi connectivity index (χ1v) is 10.1. The van der Waals surface area contributed by atoms with Gasteiger partial charge in [0.2, 0.25) is 0 Å². The summed E-state index contributed by atoms with van der Waals surface area (Å²) < 4.78 is 38.0. The van der Waals surface area contributed by atoms with Crippen LogP contribution < -0.4 is 10.1 Å². The standard InChI is InChI=1S/C16H19N3O5S2/c1-23-13-8-14(15(20)24-2)25-16(13)26(21,22)19-7-6-18-10-12(19)11-4-3-5-17-9-11/h3-5,8-9,12,18H,6-7,10H2,1-2H3. The van der Waals surface area contributed by atoms with Crippen molar-refractivity contribution in [3.8, 4) is 5.75 Å². The number of piperazine rings is 1. The molecule has 140 valence electrons. The Morgan fingerprint density at radius 3 is 2.88 bits per heavy atom. The first kappa shape index (κ1) is 18.8. The maximum atomic E-state index is 13.3. The van der Waals surface area contributed by atoms with E-state index < -0.39 is 22.0 Å². The summed E-state index contributed by atoms with van der Waals surface area (Å²) in [6.07, 6.45) is 3.30. The second-order valence-corrected chi connectivity index (χ2v) is 8.72. The first-order valence-electron chi connectivity index (χ1n) is 7.87. The topological polar surface area (TPSA) is 97.8 Å². The molecule has 2 aromatic heterocycles. The van der Waals surface area contributed by atoms with E-state index >= 15 is 0 Å². The smallest absolute Gasteiger partial charge is 0.348 e. The van der Waals surface area contributed by atoms with Gasteiger partial charge in [0.25, 0.3) is 10.0 Å². The fourth-order valence-electron chi connectivity index (χ4n) is 2.82. The number of methoxy groups -OCH3 is 2. The lowest BCUT2D eigenvalue weighted by atomic mass is 10.1. The van der Waals surface area contributed by atoms with Crippen LogP contribution in [0.4, 0.5) is 0 Å². The number of nitrogens with one attached hydrogen (secondary N) is 1. The molecule has 0 bridgehead atoms. The predicted molar refractivity (Wildman–Crippen MR) is 96.0 cm³/mol. The zero-order valence-electron chi connectivity index (χ0n) is 14.3. The van der Waals surface area contributed by atoms with Crippen LogP contribution in [0.2, 0.25) is 0 Å². The quantitative estimate of drug-likeness (QED) is 0.759. The van der Waals surface area contributed by atoms with Crippen molar-refractivity contribution < 1.29 is 22.7 Å². The van der Waals surface area contributed by atoms with Gasteiger partial charge >= 0.3 is 5.97 Å². The highest BCUT2D eigenvalue weighted by atomic mass is 32.2. The second kappa shape index (κ2) is 7.70. The molecule has 0 spiro atoms. The van der Waals surface area contributed by atoms with Gasteiger partial charge in [-0.05, 0) is 11.6 Å². The summed E-state index contributed by atoms with van der Waals surface area (Å²) in [5.41, 5.74) is 0.798. The molecule has 1 atom stereocenters. The minimum Gasteiger partial charge on any atom is -0.494 e. The monoisotopic (exact) mass is 397 g/mol. The van der Waals surface area contributed by atoms with Gasteiger partial charge in [-0.2, -0.15) is 4.31 Å². The molecule has 0 amide bonds. The molecule has 1 unspecified atom stereocenters. The van der Waals surface area contributed by atoms with E-state index in [1.54, 1.807) is 18.5 Å². The number of carbonyl (C=O) groups excluding carboxylic acids is 1. The van der Waals surface area contributed by atoms with Crippen molar-refractivity contribution >= 4 is 27.3 Å². The fourth-order valence-corrected chi connectivity index (χ4v) is 6.04. The Bertz CT molecular complexity index is 883. The van der Waals surface area contributed by atoms with E-state index in [2.05, 4.69) is 15.0 Å². The number of rotatable bonds is 5. The Balaban J connectivity index is 2.03. The van der Waals surface area contributed by atoms with Gasteiger partial charge in [-0.25, -0.2) is 13.2 Å². The van der Waals surface area contributed by atoms with Crippen molar-refractivity contribution in [3.05, 3.63) is 41.0 Å². The highest BCUT2D eigenvalue weighted by Crippen LogP contribution is 2.38. The molecule has 2 aromatic rings. The van der Waals surface area contributed by atoms with Crippen LogP contribution in [0, 0.1) is 0 Å². The van der Waals surface area contributed by atoms with E-state index in [4.69, 9.17) is 4.74 Å². The molecule has 1 aliphatic heterocycles. The molecule has 10 heteroatoms. The number of esters is 1. The average Bonchev–Trinajstić information content (AvgIpc) is 3.13. The molecule has 3 heterocycles. The Labute approximate surface area is 155 Å². The van der Waals surface area contributed by atoms with Crippen molar-refractivity contribution in [2.24, 2.45) is 0 Å². The van der Waals surface area contributed by atoms with Gasteiger partial charge in [-0.15, -0.1) is 11.3 Å². The van der Waals surface area contributed by atoms with Crippen LogP contribution in [0.1, 0.15) is 21.3 Å². The third-order valence-electron chi connectivity index (χ3n) is 4.08. The molecular formula is C16H19N3O5S2. The minimum absolute atomic E-state index is 0.00353. The third-order valence-corrected chi connectivity index (χ3v) is 7.58. The van der Waals surface area contributed by atoms with E-state index in [9.17, 15) is 13.2 Å². The van der Waals surface area contributed by atoms with E-state index in [0.29, 0.717) is 19.6 Å². The van der Waals surface area contributed by atoms with E-state index in [1.165, 1.54) is 24.6 Å². The number of hydrogen-bond donors (Lipinski definition) is 1. The summed E-state index contributed by atoms with van der Waals surface area (Å²) in [5.74, 6) is -0.460. The summed E-state index contributed by atoms with van der Waals surface area (Å²) in [4.78, 5) is 16.1. The maximum Gasteiger partial charge on any atom is 0.348 e. The van der Waals surface area contributed by atoms with Gasteiger partial charge in [0.05, 0.1) is 20.3 Å². The van der Waals surface area contributed by atoms with Crippen LogP contribution in [-0.2, 0) is 14.8 Å². The number of ether oxygens (including phenoxy) is 2. The normalized spacial score (nSPS) is 18.5. The van der Waals surface area contributed by atoms with Crippen LogP contribution in [0.5, 0.6) is 5.75 Å². The Hall–Kier alpha value is -2.01. The van der Waals surface area contributed by atoms with Gasteiger partial charge in [0.15, 0.2) is 9.96 Å². The fraction of sp³-hybridized carbons (Fsp3) is 0.375. The van der Waals surface area contributed by atoms with Crippen molar-refractivity contribution in [3.63, 3.8) is 0 Å². The molecule has 1 aliphatic rings. The second-order valence-electron chi connectivity index (χ2n) is 5.58. The molecule has 0 aliphatic carbocycles. The summed E-state index contributed by atoms with van der Waals surface area (Å²) in [5, 5.41) is 3.21. The molecule has 3 rings (SSSR count). The number of sulfonamides is 1. The van der Waals surface area contributed by atoms with E-state index in [1.807, 2.05) is 6.07 Å². The molecule has 0 radical (unpaired) electrons. The highest BCUT2D eigenvalue weighted by molar-refractivity contribution is 7.91. The van der Waals surface area contributed by atoms with Crippen LogP contribution in [0.15, 0.2) is 34.8 Å². The van der Waals surface area contributed by atoms with Crippen molar-refractivity contribution in [2.45, 2.75) is 10.3 Å². The van der Waals surface area contributed by atoms with Crippen LogP contribution in [0.3, 0.4) is 0 Å². The molecule has 8 nitrogen and oxygen atoms in total. The zero-order chi connectivity index (χ0) is 18.7. The predicted octanol–water partition coefficient (Wildman–Crippen LogP) is 1.27. The highest BCUT2D eigenvalue weighted by Gasteiger charge is 2.38. The molecule has 1 saturated heterocycles. The number of thiophene rings is 1. The minimum atomic E-state index is -3.87. The van der Waals surface area contributed by atoms with Gasteiger partial charge in [-0.1, -0.05) is 6.07 Å². The number of nitrogens with zero attached hydrogens (tertiary/aromatic N) is 2. The third kappa shape index (κ3) is 3.45. The number of pyridine rings is 1. The lowest BCUT2D eigenvalue weighted by molar-refractivity contribution is 0.0606. The first-order chi connectivity index (χ1) is 12.5. The number of hydrogen-bond acceptors (Lipinski definition) is 8. The lowest BCUT2D eigenvalue weighted by Crippen LogP contribution is -2.48. The molecule has 1 fully saturated rings. The summed E-state index contributed by atoms with van der Waals surface area (Å²) in [6, 6.07) is 4.62. The van der Waals surface area contributed by atoms with E-state index in [-0.39, 0.29) is 14.8 Å². The summed E-state index contributed by atoms with van der Waals surface area (Å²) >= 11 is 0.849.